The first-order chi connectivity index (χ1) is 19.3. The molecule has 5 rings (SSSR count). The molecule has 3 heterocycles. The molecule has 1 aromatic carbocycles. The van der Waals surface area contributed by atoms with Crippen LogP contribution < -0.4 is 0 Å². The van der Waals surface area contributed by atoms with Crippen molar-refractivity contribution in [2.24, 2.45) is 5.41 Å². The largest absolute Gasteiger partial charge is 0.390 e. The van der Waals surface area contributed by atoms with Gasteiger partial charge < -0.3 is 9.63 Å². The molecule has 1 aliphatic carbocycles. The SMILES string of the molecule is CC1(O)CCC(N2CC(CC(=O)CC(C)(C)c3cccnc3)(CC(=O)c3cc(-c4ccc(F)cc4F)on3)C2)CC1. The molecule has 1 saturated heterocycles. The van der Waals surface area contributed by atoms with Crippen LogP contribution in [0.3, 0.4) is 0 Å². The fourth-order valence-corrected chi connectivity index (χ4v) is 6.44. The lowest BCUT2D eigenvalue weighted by atomic mass is 9.68. The Morgan fingerprint density at radius 3 is 2.51 bits per heavy atom. The molecule has 2 fully saturated rings. The molecule has 2 aliphatic rings. The van der Waals surface area contributed by atoms with Gasteiger partial charge in [-0.1, -0.05) is 25.1 Å². The van der Waals surface area contributed by atoms with Crippen LogP contribution in [0.15, 0.2) is 53.3 Å². The van der Waals surface area contributed by atoms with E-state index in [1.54, 1.807) is 12.4 Å². The van der Waals surface area contributed by atoms with E-state index in [1.807, 2.05) is 32.9 Å². The van der Waals surface area contributed by atoms with E-state index in [-0.39, 0.29) is 41.4 Å². The molecule has 0 atom stereocenters. The lowest BCUT2D eigenvalue weighted by Gasteiger charge is -2.54. The number of ketones is 2. The van der Waals surface area contributed by atoms with Gasteiger partial charge in [-0.3, -0.25) is 19.5 Å². The molecule has 0 spiro atoms. The molecule has 0 radical (unpaired) electrons. The highest BCUT2D eigenvalue weighted by molar-refractivity contribution is 5.96. The molecule has 7 nitrogen and oxygen atoms in total. The summed E-state index contributed by atoms with van der Waals surface area (Å²) in [4.78, 5) is 33.5. The van der Waals surface area contributed by atoms with Crippen molar-refractivity contribution in [3.63, 3.8) is 0 Å². The van der Waals surface area contributed by atoms with E-state index in [0.717, 1.165) is 43.4 Å². The van der Waals surface area contributed by atoms with Gasteiger partial charge in [0.25, 0.3) is 0 Å². The van der Waals surface area contributed by atoms with Crippen LogP contribution in [0, 0.1) is 17.0 Å². The lowest BCUT2D eigenvalue weighted by molar-refractivity contribution is -0.128. The maximum Gasteiger partial charge on any atom is 0.185 e. The third-order valence-corrected chi connectivity index (χ3v) is 8.81. The van der Waals surface area contributed by atoms with Crippen molar-refractivity contribution in [3.8, 4) is 11.3 Å². The predicted octanol–water partition coefficient (Wildman–Crippen LogP) is 5.91. The van der Waals surface area contributed by atoms with Gasteiger partial charge in [-0.25, -0.2) is 8.78 Å². The van der Waals surface area contributed by atoms with Gasteiger partial charge in [-0.2, -0.15) is 0 Å². The Hall–Kier alpha value is -3.30. The second-order valence-corrected chi connectivity index (χ2v) is 13.0. The standard InChI is InChI=1S/C32H37F2N3O4/c1-30(2,21-5-4-12-35-18-21)15-24(38)16-32(19-37(20-32)23-8-10-31(3,40)11-9-23)17-28(39)27-14-29(41-36-27)25-7-6-22(33)13-26(25)34/h4-7,12-14,18,23,40H,8-11,15-17,19-20H2,1-3H3. The number of carbonyl (C=O) groups is 2. The molecule has 0 unspecified atom stereocenters. The van der Waals surface area contributed by atoms with Crippen LogP contribution in [-0.2, 0) is 10.2 Å². The molecule has 0 bridgehead atoms. The molecular formula is C32H37F2N3O4. The summed E-state index contributed by atoms with van der Waals surface area (Å²) in [6, 6.07) is 8.62. The number of Topliss-reactive ketones (excluding diaryl/α,β-unsaturated/α-hetero) is 2. The summed E-state index contributed by atoms with van der Waals surface area (Å²) in [5, 5.41) is 14.3. The van der Waals surface area contributed by atoms with Gasteiger partial charge in [0, 0.05) is 68.3 Å². The Balaban J connectivity index is 1.31. The van der Waals surface area contributed by atoms with E-state index in [0.29, 0.717) is 25.6 Å². The van der Waals surface area contributed by atoms with Gasteiger partial charge in [-0.15, -0.1) is 0 Å². The Labute approximate surface area is 238 Å². The number of pyridine rings is 1. The van der Waals surface area contributed by atoms with E-state index in [9.17, 15) is 23.5 Å². The minimum absolute atomic E-state index is 0.0171. The summed E-state index contributed by atoms with van der Waals surface area (Å²) in [6.07, 6.45) is 7.34. The van der Waals surface area contributed by atoms with E-state index in [1.165, 1.54) is 12.1 Å². The van der Waals surface area contributed by atoms with E-state index in [4.69, 9.17) is 4.52 Å². The highest BCUT2D eigenvalue weighted by Gasteiger charge is 2.49. The topological polar surface area (TPSA) is 96.5 Å². The second kappa shape index (κ2) is 11.2. The van der Waals surface area contributed by atoms with Crippen LogP contribution in [-0.4, -0.2) is 56.4 Å². The van der Waals surface area contributed by atoms with Crippen molar-refractivity contribution in [2.45, 2.75) is 82.8 Å². The smallest absolute Gasteiger partial charge is 0.185 e. The van der Waals surface area contributed by atoms with Crippen molar-refractivity contribution < 1.29 is 28.0 Å². The number of hydrogen-bond acceptors (Lipinski definition) is 7. The molecule has 218 valence electrons. The zero-order valence-corrected chi connectivity index (χ0v) is 23.8. The summed E-state index contributed by atoms with van der Waals surface area (Å²) >= 11 is 0. The maximum absolute atomic E-state index is 14.3. The van der Waals surface area contributed by atoms with E-state index < -0.39 is 28.1 Å². The zero-order valence-electron chi connectivity index (χ0n) is 23.8. The van der Waals surface area contributed by atoms with Crippen LogP contribution in [0.5, 0.6) is 0 Å². The summed E-state index contributed by atoms with van der Waals surface area (Å²) in [5.41, 5.74) is -0.557. The van der Waals surface area contributed by atoms with Gasteiger partial charge in [0.15, 0.2) is 11.5 Å². The predicted molar refractivity (Wildman–Crippen MR) is 149 cm³/mol. The molecule has 2 aromatic heterocycles. The summed E-state index contributed by atoms with van der Waals surface area (Å²) in [6.45, 7) is 7.11. The molecule has 41 heavy (non-hydrogen) atoms. The number of aromatic nitrogens is 2. The van der Waals surface area contributed by atoms with Crippen molar-refractivity contribution >= 4 is 11.6 Å². The van der Waals surface area contributed by atoms with Gasteiger partial charge in [-0.05, 0) is 61.8 Å². The monoisotopic (exact) mass is 565 g/mol. The number of carbonyl (C=O) groups excluding carboxylic acids is 2. The molecule has 3 aromatic rings. The van der Waals surface area contributed by atoms with Crippen LogP contribution in [0.4, 0.5) is 8.78 Å². The number of benzene rings is 1. The number of nitrogens with zero attached hydrogens (tertiary/aromatic N) is 3. The molecule has 1 N–H and O–H groups in total. The minimum atomic E-state index is -0.806. The number of rotatable bonds is 10. The first kappa shape index (κ1) is 29.2. The molecule has 1 aliphatic heterocycles. The Kier molecular flexibility index (Phi) is 7.96. The number of halogens is 2. The number of hydrogen-bond donors (Lipinski definition) is 1. The van der Waals surface area contributed by atoms with Gasteiger partial charge in [0.2, 0.25) is 0 Å². The quantitative estimate of drug-likeness (QED) is 0.305. The second-order valence-electron chi connectivity index (χ2n) is 13.0. The van der Waals surface area contributed by atoms with Crippen molar-refractivity contribution in [2.75, 3.05) is 13.1 Å². The van der Waals surface area contributed by atoms with E-state index >= 15 is 0 Å². The maximum atomic E-state index is 14.3. The average molecular weight is 566 g/mol. The highest BCUT2D eigenvalue weighted by Crippen LogP contribution is 2.44. The molecule has 0 amide bonds. The van der Waals surface area contributed by atoms with Crippen molar-refractivity contribution in [1.29, 1.82) is 0 Å². The molecule has 1 saturated carbocycles. The molecular weight excluding hydrogens is 528 g/mol. The van der Waals surface area contributed by atoms with E-state index in [2.05, 4.69) is 15.0 Å². The number of likely N-dealkylation sites (tertiary alicyclic amines) is 1. The highest BCUT2D eigenvalue weighted by atomic mass is 19.1. The van der Waals surface area contributed by atoms with Gasteiger partial charge >= 0.3 is 0 Å². The normalized spacial score (nSPS) is 22.7. The Morgan fingerprint density at radius 2 is 1.85 bits per heavy atom. The van der Waals surface area contributed by atoms with Crippen LogP contribution in [0.2, 0.25) is 0 Å². The Morgan fingerprint density at radius 1 is 1.12 bits per heavy atom. The lowest BCUT2D eigenvalue weighted by Crippen LogP contribution is -2.62. The summed E-state index contributed by atoms with van der Waals surface area (Å²) in [5.74, 6) is -1.69. The minimum Gasteiger partial charge on any atom is -0.390 e. The van der Waals surface area contributed by atoms with Crippen LogP contribution in [0.25, 0.3) is 11.3 Å². The van der Waals surface area contributed by atoms with Crippen molar-refractivity contribution in [3.05, 3.63) is 71.7 Å². The fraction of sp³-hybridized carbons (Fsp3) is 0.500. The zero-order chi connectivity index (χ0) is 29.4. The number of aliphatic hydroxyl groups is 1. The third-order valence-electron chi connectivity index (χ3n) is 8.81. The van der Waals surface area contributed by atoms with Crippen LogP contribution >= 0.6 is 0 Å². The third kappa shape index (κ3) is 6.62. The van der Waals surface area contributed by atoms with Gasteiger partial charge in [0.05, 0.1) is 11.2 Å². The summed E-state index contributed by atoms with van der Waals surface area (Å²) < 4.78 is 32.9. The first-order valence-electron chi connectivity index (χ1n) is 14.2. The average Bonchev–Trinajstić information content (AvgIpc) is 3.37. The first-order valence-corrected chi connectivity index (χ1v) is 14.2. The van der Waals surface area contributed by atoms with Crippen LogP contribution in [0.1, 0.15) is 81.8 Å². The molecule has 9 heteroatoms. The fourth-order valence-electron chi connectivity index (χ4n) is 6.44. The Bertz CT molecular complexity index is 1400. The van der Waals surface area contributed by atoms with Gasteiger partial charge in [0.1, 0.15) is 23.1 Å². The summed E-state index contributed by atoms with van der Waals surface area (Å²) in [7, 11) is 0. The van der Waals surface area contributed by atoms with Crippen molar-refractivity contribution in [1.82, 2.24) is 15.0 Å².